The van der Waals surface area contributed by atoms with Crippen molar-refractivity contribution in [2.75, 3.05) is 19.0 Å². The van der Waals surface area contributed by atoms with Crippen LogP contribution in [0, 0.1) is 0 Å². The molecule has 1 amide bonds. The summed E-state index contributed by atoms with van der Waals surface area (Å²) in [6.45, 7) is -0.0883. The van der Waals surface area contributed by atoms with Crippen LogP contribution in [0.2, 0.25) is 5.02 Å². The van der Waals surface area contributed by atoms with E-state index in [1.807, 2.05) is 0 Å². The zero-order chi connectivity index (χ0) is 14.6. The number of hydrogen-bond donors (Lipinski definition) is 2. The monoisotopic (exact) mass is 296 g/mol. The molecule has 1 rings (SSSR count). The highest BCUT2D eigenvalue weighted by atomic mass is 35.5. The Morgan fingerprint density at radius 3 is 2.58 bits per heavy atom. The molecule has 0 spiro atoms. The Labute approximate surface area is 112 Å². The number of benzene rings is 1. The Balaban J connectivity index is 2.96. The van der Waals surface area contributed by atoms with E-state index in [1.54, 1.807) is 0 Å². The van der Waals surface area contributed by atoms with Crippen molar-refractivity contribution in [3.05, 3.63) is 28.8 Å². The van der Waals surface area contributed by atoms with Crippen LogP contribution >= 0.6 is 11.6 Å². The molecular formula is C11H12ClF3N2O2. The van der Waals surface area contributed by atoms with Crippen LogP contribution in [0.1, 0.15) is 5.56 Å². The first kappa shape index (κ1) is 15.7. The number of nitrogens with one attached hydrogen (secondary N) is 1. The number of amides is 1. The van der Waals surface area contributed by atoms with E-state index in [1.165, 1.54) is 13.2 Å². The number of alkyl halides is 3. The van der Waals surface area contributed by atoms with Crippen LogP contribution in [-0.4, -0.2) is 25.7 Å². The molecule has 1 aromatic rings. The van der Waals surface area contributed by atoms with Crippen molar-refractivity contribution < 1.29 is 22.7 Å². The summed E-state index contributed by atoms with van der Waals surface area (Å²) in [5, 5.41) is 2.14. The predicted octanol–water partition coefficient (Wildman–Crippen LogP) is 2.27. The van der Waals surface area contributed by atoms with Gasteiger partial charge < -0.3 is 15.8 Å². The van der Waals surface area contributed by atoms with Gasteiger partial charge in [-0.25, -0.2) is 0 Å². The number of methoxy groups -OCH3 is 1. The van der Waals surface area contributed by atoms with Gasteiger partial charge in [0, 0.05) is 24.4 Å². The van der Waals surface area contributed by atoms with Gasteiger partial charge >= 0.3 is 6.18 Å². The lowest BCUT2D eigenvalue weighted by Crippen LogP contribution is -2.35. The second-order valence-electron chi connectivity index (χ2n) is 3.68. The van der Waals surface area contributed by atoms with Crippen LogP contribution in [0.5, 0.6) is 0 Å². The molecule has 0 heterocycles. The summed E-state index contributed by atoms with van der Waals surface area (Å²) < 4.78 is 42.4. The third-order valence-corrected chi connectivity index (χ3v) is 2.50. The molecule has 1 atom stereocenters. The van der Waals surface area contributed by atoms with E-state index in [-0.39, 0.29) is 17.3 Å². The molecule has 19 heavy (non-hydrogen) atoms. The number of hydrogen-bond acceptors (Lipinski definition) is 3. The Morgan fingerprint density at radius 2 is 2.11 bits per heavy atom. The number of carbonyl (C=O) groups excluding carboxylic acids is 1. The molecule has 0 aliphatic rings. The number of rotatable bonds is 4. The summed E-state index contributed by atoms with van der Waals surface area (Å²) in [4.78, 5) is 11.6. The van der Waals surface area contributed by atoms with Crippen molar-refractivity contribution in [3.8, 4) is 0 Å². The third-order valence-electron chi connectivity index (χ3n) is 2.28. The van der Waals surface area contributed by atoms with Gasteiger partial charge in [0.1, 0.15) is 6.10 Å². The molecule has 1 unspecified atom stereocenters. The molecule has 0 aliphatic heterocycles. The van der Waals surface area contributed by atoms with Crippen molar-refractivity contribution in [2.24, 2.45) is 5.73 Å². The quantitative estimate of drug-likeness (QED) is 0.896. The Morgan fingerprint density at radius 1 is 1.47 bits per heavy atom. The van der Waals surface area contributed by atoms with Gasteiger partial charge in [-0.1, -0.05) is 11.6 Å². The Kier molecular flexibility index (Phi) is 5.16. The summed E-state index contributed by atoms with van der Waals surface area (Å²) in [6.07, 6.45) is -5.48. The Bertz CT molecular complexity index is 462. The molecular weight excluding hydrogens is 285 g/mol. The van der Waals surface area contributed by atoms with E-state index in [2.05, 4.69) is 5.32 Å². The fraction of sp³-hybridized carbons (Fsp3) is 0.364. The van der Waals surface area contributed by atoms with Gasteiger partial charge in [-0.15, -0.1) is 0 Å². The lowest BCUT2D eigenvalue weighted by molar-refractivity contribution is -0.137. The van der Waals surface area contributed by atoms with Crippen molar-refractivity contribution in [2.45, 2.75) is 12.3 Å². The van der Waals surface area contributed by atoms with Gasteiger partial charge in [0.05, 0.1) is 5.56 Å². The van der Waals surface area contributed by atoms with E-state index >= 15 is 0 Å². The first-order valence-corrected chi connectivity index (χ1v) is 5.57. The molecule has 0 radical (unpaired) electrons. The van der Waals surface area contributed by atoms with Crippen molar-refractivity contribution in [1.29, 1.82) is 0 Å². The molecule has 0 saturated heterocycles. The predicted molar refractivity (Wildman–Crippen MR) is 64.9 cm³/mol. The molecule has 4 nitrogen and oxygen atoms in total. The minimum absolute atomic E-state index is 0.0691. The van der Waals surface area contributed by atoms with Crippen LogP contribution in [0.4, 0.5) is 18.9 Å². The van der Waals surface area contributed by atoms with E-state index in [0.717, 1.165) is 12.1 Å². The van der Waals surface area contributed by atoms with Gasteiger partial charge in [0.2, 0.25) is 0 Å². The smallest absolute Gasteiger partial charge is 0.370 e. The molecule has 106 valence electrons. The molecule has 0 aromatic heterocycles. The van der Waals surface area contributed by atoms with Crippen LogP contribution < -0.4 is 11.1 Å². The summed E-state index contributed by atoms with van der Waals surface area (Å²) >= 11 is 5.58. The highest BCUT2D eigenvalue weighted by Crippen LogP contribution is 2.33. The highest BCUT2D eigenvalue weighted by Gasteiger charge is 2.31. The lowest BCUT2D eigenvalue weighted by atomic mass is 10.2. The van der Waals surface area contributed by atoms with E-state index < -0.39 is 23.8 Å². The standard InChI is InChI=1S/C11H12ClF3N2O2/c1-19-9(5-16)10(18)17-8-3-6(11(13,14)15)2-7(12)4-8/h2-4,9H,5,16H2,1H3,(H,17,18). The minimum Gasteiger partial charge on any atom is -0.370 e. The number of halogens is 4. The second kappa shape index (κ2) is 6.23. The average Bonchev–Trinajstić information content (AvgIpc) is 2.28. The number of nitrogens with two attached hydrogens (primary N) is 1. The third kappa shape index (κ3) is 4.38. The zero-order valence-corrected chi connectivity index (χ0v) is 10.7. The van der Waals surface area contributed by atoms with Crippen LogP contribution in [0.3, 0.4) is 0 Å². The van der Waals surface area contributed by atoms with Crippen LogP contribution in [0.25, 0.3) is 0 Å². The van der Waals surface area contributed by atoms with E-state index in [9.17, 15) is 18.0 Å². The van der Waals surface area contributed by atoms with Gasteiger partial charge in [-0.2, -0.15) is 13.2 Å². The van der Waals surface area contributed by atoms with Gasteiger partial charge in [0.15, 0.2) is 0 Å². The fourth-order valence-electron chi connectivity index (χ4n) is 1.36. The molecule has 0 saturated carbocycles. The first-order chi connectivity index (χ1) is 8.77. The summed E-state index contributed by atoms with van der Waals surface area (Å²) in [7, 11) is 1.27. The van der Waals surface area contributed by atoms with Gasteiger partial charge in [-0.05, 0) is 18.2 Å². The van der Waals surface area contributed by atoms with Crippen LogP contribution in [0.15, 0.2) is 18.2 Å². The van der Waals surface area contributed by atoms with Crippen molar-refractivity contribution in [1.82, 2.24) is 0 Å². The molecule has 3 N–H and O–H groups in total. The maximum absolute atomic E-state index is 12.6. The number of ether oxygens (including phenoxy) is 1. The molecule has 1 aromatic carbocycles. The topological polar surface area (TPSA) is 64.3 Å². The molecule has 0 bridgehead atoms. The average molecular weight is 297 g/mol. The lowest BCUT2D eigenvalue weighted by Gasteiger charge is -2.14. The molecule has 0 aliphatic carbocycles. The second-order valence-corrected chi connectivity index (χ2v) is 4.11. The molecule has 8 heteroatoms. The van der Waals surface area contributed by atoms with E-state index in [0.29, 0.717) is 0 Å². The maximum atomic E-state index is 12.6. The number of anilines is 1. The van der Waals surface area contributed by atoms with Crippen molar-refractivity contribution >= 4 is 23.2 Å². The summed E-state index contributed by atoms with van der Waals surface area (Å²) in [5.74, 6) is -0.639. The maximum Gasteiger partial charge on any atom is 0.416 e. The van der Waals surface area contributed by atoms with Crippen LogP contribution in [-0.2, 0) is 15.7 Å². The normalized spacial score (nSPS) is 13.2. The summed E-state index contributed by atoms with van der Waals surface area (Å²) in [6, 6.07) is 2.76. The SMILES string of the molecule is COC(CN)C(=O)Nc1cc(Cl)cc(C(F)(F)F)c1. The minimum atomic E-state index is -4.54. The molecule has 0 fully saturated rings. The Hall–Kier alpha value is -1.31. The largest absolute Gasteiger partial charge is 0.416 e. The van der Waals surface area contributed by atoms with E-state index in [4.69, 9.17) is 22.1 Å². The number of carbonyl (C=O) groups is 1. The first-order valence-electron chi connectivity index (χ1n) is 5.19. The van der Waals surface area contributed by atoms with Crippen molar-refractivity contribution in [3.63, 3.8) is 0 Å². The zero-order valence-electron chi connectivity index (χ0n) is 9.92. The van der Waals surface area contributed by atoms with Gasteiger partial charge in [-0.3, -0.25) is 4.79 Å². The fourth-order valence-corrected chi connectivity index (χ4v) is 1.59. The van der Waals surface area contributed by atoms with Gasteiger partial charge in [0.25, 0.3) is 5.91 Å². The summed E-state index contributed by atoms with van der Waals surface area (Å²) in [5.41, 5.74) is 4.26. The highest BCUT2D eigenvalue weighted by molar-refractivity contribution is 6.31.